The molecular weight excluding hydrogens is 278 g/mol. The Morgan fingerprint density at radius 1 is 1.33 bits per heavy atom. The van der Waals surface area contributed by atoms with E-state index in [0.29, 0.717) is 12.0 Å². The highest BCUT2D eigenvalue weighted by Crippen LogP contribution is 2.39. The lowest BCUT2D eigenvalue weighted by molar-refractivity contribution is 0.113. The summed E-state index contributed by atoms with van der Waals surface area (Å²) in [5, 5.41) is 13.6. The minimum Gasteiger partial charge on any atom is -0.394 e. The first-order chi connectivity index (χ1) is 10.1. The first-order valence-electron chi connectivity index (χ1n) is 8.14. The van der Waals surface area contributed by atoms with E-state index in [1.807, 2.05) is 11.8 Å². The van der Waals surface area contributed by atoms with Gasteiger partial charge in [0.1, 0.15) is 0 Å². The van der Waals surface area contributed by atoms with Gasteiger partial charge in [-0.2, -0.15) is 0 Å². The molecule has 2 atom stereocenters. The lowest BCUT2D eigenvalue weighted by atomic mass is 9.85. The van der Waals surface area contributed by atoms with Crippen molar-refractivity contribution < 1.29 is 5.11 Å². The van der Waals surface area contributed by atoms with Crippen LogP contribution in [-0.4, -0.2) is 29.0 Å². The standard InChI is InChI=1S/C18H29NOS/c1-14(2)19-18(13-20)11-4-5-16(18)10-12-21-17-8-6-15(3)7-9-17/h6-9,14,16,19-20H,4-5,10-13H2,1-3H3. The van der Waals surface area contributed by atoms with Crippen LogP contribution < -0.4 is 5.32 Å². The summed E-state index contributed by atoms with van der Waals surface area (Å²) in [5.74, 6) is 1.73. The fourth-order valence-corrected chi connectivity index (χ4v) is 4.50. The maximum absolute atomic E-state index is 9.91. The summed E-state index contributed by atoms with van der Waals surface area (Å²) >= 11 is 1.94. The molecule has 0 spiro atoms. The van der Waals surface area contributed by atoms with Crippen LogP contribution in [0.1, 0.15) is 45.1 Å². The third kappa shape index (κ3) is 4.48. The molecule has 21 heavy (non-hydrogen) atoms. The average molecular weight is 308 g/mol. The molecule has 1 saturated carbocycles. The van der Waals surface area contributed by atoms with Crippen molar-refractivity contribution in [2.24, 2.45) is 5.92 Å². The number of aliphatic hydroxyl groups is 1. The molecule has 0 saturated heterocycles. The highest BCUT2D eigenvalue weighted by atomic mass is 32.2. The van der Waals surface area contributed by atoms with Crippen molar-refractivity contribution in [1.82, 2.24) is 5.32 Å². The number of hydrogen-bond acceptors (Lipinski definition) is 3. The molecule has 1 fully saturated rings. The Morgan fingerprint density at radius 2 is 2.05 bits per heavy atom. The third-order valence-electron chi connectivity index (χ3n) is 4.57. The average Bonchev–Trinajstić information content (AvgIpc) is 2.84. The van der Waals surface area contributed by atoms with Crippen LogP contribution in [0.25, 0.3) is 0 Å². The van der Waals surface area contributed by atoms with Gasteiger partial charge in [-0.15, -0.1) is 11.8 Å². The van der Waals surface area contributed by atoms with Crippen LogP contribution in [0, 0.1) is 12.8 Å². The summed E-state index contributed by atoms with van der Waals surface area (Å²) < 4.78 is 0. The van der Waals surface area contributed by atoms with Gasteiger partial charge in [0.05, 0.1) is 6.61 Å². The molecule has 0 aromatic heterocycles. The molecule has 0 bridgehead atoms. The molecule has 2 rings (SSSR count). The number of thioether (sulfide) groups is 1. The zero-order chi connectivity index (χ0) is 15.3. The highest BCUT2D eigenvalue weighted by Gasteiger charge is 2.41. The Labute approximate surface area is 133 Å². The summed E-state index contributed by atoms with van der Waals surface area (Å²) in [6, 6.07) is 9.20. The number of aryl methyl sites for hydroxylation is 1. The van der Waals surface area contributed by atoms with Crippen LogP contribution >= 0.6 is 11.8 Å². The molecule has 1 aromatic rings. The molecule has 1 aromatic carbocycles. The van der Waals surface area contributed by atoms with Crippen molar-refractivity contribution in [3.8, 4) is 0 Å². The third-order valence-corrected chi connectivity index (χ3v) is 5.62. The van der Waals surface area contributed by atoms with Gasteiger partial charge in [0.2, 0.25) is 0 Å². The summed E-state index contributed by atoms with van der Waals surface area (Å²) in [6.45, 7) is 6.74. The molecule has 3 heteroatoms. The minimum absolute atomic E-state index is 0.0397. The number of rotatable bonds is 7. The molecule has 0 amide bonds. The van der Waals surface area contributed by atoms with Crippen molar-refractivity contribution >= 4 is 11.8 Å². The molecule has 118 valence electrons. The van der Waals surface area contributed by atoms with Gasteiger partial charge >= 0.3 is 0 Å². The summed E-state index contributed by atoms with van der Waals surface area (Å²) in [4.78, 5) is 1.35. The number of hydrogen-bond donors (Lipinski definition) is 2. The van der Waals surface area contributed by atoms with E-state index in [4.69, 9.17) is 0 Å². The maximum Gasteiger partial charge on any atom is 0.0616 e. The lowest BCUT2D eigenvalue weighted by Crippen LogP contribution is -2.54. The van der Waals surface area contributed by atoms with Crippen molar-refractivity contribution in [2.45, 2.75) is 62.9 Å². The predicted molar refractivity (Wildman–Crippen MR) is 91.9 cm³/mol. The van der Waals surface area contributed by atoms with Crippen LogP contribution in [0.2, 0.25) is 0 Å². The Bertz CT molecular complexity index is 431. The SMILES string of the molecule is Cc1ccc(SCCC2CCCC2(CO)NC(C)C)cc1. The van der Waals surface area contributed by atoms with Crippen molar-refractivity contribution in [3.05, 3.63) is 29.8 Å². The van der Waals surface area contributed by atoms with Gasteiger partial charge in [0.15, 0.2) is 0 Å². The monoisotopic (exact) mass is 307 g/mol. The van der Waals surface area contributed by atoms with E-state index in [1.54, 1.807) is 0 Å². The quantitative estimate of drug-likeness (QED) is 0.747. The zero-order valence-electron chi connectivity index (χ0n) is 13.6. The van der Waals surface area contributed by atoms with Crippen molar-refractivity contribution in [1.29, 1.82) is 0 Å². The van der Waals surface area contributed by atoms with Gasteiger partial charge in [0, 0.05) is 16.5 Å². The Morgan fingerprint density at radius 3 is 2.67 bits per heavy atom. The van der Waals surface area contributed by atoms with E-state index in [9.17, 15) is 5.11 Å². The molecule has 1 aliphatic carbocycles. The molecule has 2 N–H and O–H groups in total. The Hall–Kier alpha value is -0.510. The second-order valence-electron chi connectivity index (χ2n) is 6.65. The van der Waals surface area contributed by atoms with Crippen LogP contribution in [0.15, 0.2) is 29.2 Å². The van der Waals surface area contributed by atoms with E-state index >= 15 is 0 Å². The smallest absolute Gasteiger partial charge is 0.0616 e. The van der Waals surface area contributed by atoms with Crippen LogP contribution in [0.5, 0.6) is 0 Å². The lowest BCUT2D eigenvalue weighted by Gasteiger charge is -2.37. The van der Waals surface area contributed by atoms with E-state index in [0.717, 1.165) is 12.2 Å². The first kappa shape index (κ1) is 16.9. The second-order valence-corrected chi connectivity index (χ2v) is 7.82. The van der Waals surface area contributed by atoms with Gasteiger partial charge < -0.3 is 10.4 Å². The molecule has 0 radical (unpaired) electrons. The van der Waals surface area contributed by atoms with Gasteiger partial charge in [-0.25, -0.2) is 0 Å². The van der Waals surface area contributed by atoms with Crippen LogP contribution in [0.4, 0.5) is 0 Å². The van der Waals surface area contributed by atoms with Gasteiger partial charge in [-0.3, -0.25) is 0 Å². The van der Waals surface area contributed by atoms with E-state index in [2.05, 4.69) is 50.4 Å². The van der Waals surface area contributed by atoms with E-state index in [-0.39, 0.29) is 12.1 Å². The molecular formula is C18H29NOS. The molecule has 0 aliphatic heterocycles. The largest absolute Gasteiger partial charge is 0.394 e. The molecule has 2 unspecified atom stereocenters. The number of nitrogens with one attached hydrogen (secondary N) is 1. The van der Waals surface area contributed by atoms with Gasteiger partial charge in [-0.1, -0.05) is 38.0 Å². The summed E-state index contributed by atoms with van der Waals surface area (Å²) in [6.07, 6.45) is 4.77. The van der Waals surface area contributed by atoms with E-state index < -0.39 is 0 Å². The first-order valence-corrected chi connectivity index (χ1v) is 9.12. The summed E-state index contributed by atoms with van der Waals surface area (Å²) in [7, 11) is 0. The van der Waals surface area contributed by atoms with Crippen molar-refractivity contribution in [3.63, 3.8) is 0 Å². The van der Waals surface area contributed by atoms with Crippen molar-refractivity contribution in [2.75, 3.05) is 12.4 Å². The molecule has 0 heterocycles. The van der Waals surface area contributed by atoms with Gasteiger partial charge in [0.25, 0.3) is 0 Å². The minimum atomic E-state index is -0.0397. The fourth-order valence-electron chi connectivity index (χ4n) is 3.54. The van der Waals surface area contributed by atoms with Gasteiger partial charge in [-0.05, 0) is 50.0 Å². The van der Waals surface area contributed by atoms with E-state index in [1.165, 1.54) is 29.7 Å². The highest BCUT2D eigenvalue weighted by molar-refractivity contribution is 7.99. The number of aliphatic hydroxyl groups excluding tert-OH is 1. The predicted octanol–water partition coefficient (Wildman–Crippen LogP) is 4.01. The number of benzene rings is 1. The Kier molecular flexibility index (Phi) is 6.15. The second kappa shape index (κ2) is 7.66. The Balaban J connectivity index is 1.87. The molecule has 1 aliphatic rings. The fraction of sp³-hybridized carbons (Fsp3) is 0.667. The maximum atomic E-state index is 9.91. The topological polar surface area (TPSA) is 32.3 Å². The molecule has 2 nitrogen and oxygen atoms in total. The summed E-state index contributed by atoms with van der Waals surface area (Å²) in [5.41, 5.74) is 1.28. The normalized spacial score (nSPS) is 25.7. The van der Waals surface area contributed by atoms with Crippen LogP contribution in [-0.2, 0) is 0 Å². The zero-order valence-corrected chi connectivity index (χ0v) is 14.4. The van der Waals surface area contributed by atoms with Crippen LogP contribution in [0.3, 0.4) is 0 Å².